The number of nitrogens with zero attached hydrogens (tertiary/aromatic N) is 3. The van der Waals surface area contributed by atoms with Gasteiger partial charge in [0.1, 0.15) is 5.56 Å². The van der Waals surface area contributed by atoms with Crippen LogP contribution in [0.2, 0.25) is 0 Å². The number of rotatable bonds is 5. The van der Waals surface area contributed by atoms with E-state index in [1.807, 2.05) is 16.8 Å². The lowest BCUT2D eigenvalue weighted by molar-refractivity contribution is 0.0888. The molecule has 6 nitrogen and oxygen atoms in total. The molecule has 1 atom stereocenters. The van der Waals surface area contributed by atoms with Crippen LogP contribution in [0.3, 0.4) is 0 Å². The van der Waals surface area contributed by atoms with Crippen LogP contribution in [-0.2, 0) is 19.4 Å². The van der Waals surface area contributed by atoms with E-state index in [2.05, 4.69) is 36.1 Å². The molecule has 1 aliphatic carbocycles. The fourth-order valence-corrected chi connectivity index (χ4v) is 3.15. The first kappa shape index (κ1) is 17.5. The molecule has 0 unspecified atom stereocenters. The summed E-state index contributed by atoms with van der Waals surface area (Å²) in [5, 5.41) is 3.17. The summed E-state index contributed by atoms with van der Waals surface area (Å²) in [6, 6.07) is 1.90. The summed E-state index contributed by atoms with van der Waals surface area (Å²) in [7, 11) is 1.56. The van der Waals surface area contributed by atoms with Gasteiger partial charge in [-0.3, -0.25) is 4.79 Å². The zero-order chi connectivity index (χ0) is 18.0. The number of carbonyl (C=O) groups is 1. The predicted molar refractivity (Wildman–Crippen MR) is 95.8 cm³/mol. The number of carbonyl (C=O) groups excluding carboxylic acids is 1. The third kappa shape index (κ3) is 3.83. The molecule has 0 saturated carbocycles. The number of fused-ring (bicyclic) bond motifs is 1. The predicted octanol–water partition coefficient (Wildman–Crippen LogP) is 2.62. The van der Waals surface area contributed by atoms with Gasteiger partial charge in [0.2, 0.25) is 5.88 Å². The summed E-state index contributed by atoms with van der Waals surface area (Å²) >= 11 is 0. The van der Waals surface area contributed by atoms with Gasteiger partial charge < -0.3 is 14.6 Å². The second kappa shape index (κ2) is 6.86. The molecule has 2 heterocycles. The highest BCUT2D eigenvalue weighted by molar-refractivity contribution is 5.96. The molecule has 134 valence electrons. The van der Waals surface area contributed by atoms with E-state index >= 15 is 0 Å². The molecule has 0 spiro atoms. The number of aryl methyl sites for hydroxylation is 2. The summed E-state index contributed by atoms with van der Waals surface area (Å²) in [5.41, 5.74) is 2.63. The topological polar surface area (TPSA) is 69.0 Å². The van der Waals surface area contributed by atoms with Crippen molar-refractivity contribution in [2.24, 2.45) is 5.41 Å². The zero-order valence-corrected chi connectivity index (χ0v) is 15.4. The SMILES string of the molecule is COc1nc2c(cc1C(=O)N[C@H](Cn1ccnc1)C(C)(C)C)CCC2. The first-order valence-electron chi connectivity index (χ1n) is 8.72. The number of hydrogen-bond donors (Lipinski definition) is 1. The number of methoxy groups -OCH3 is 1. The van der Waals surface area contributed by atoms with Gasteiger partial charge in [-0.25, -0.2) is 9.97 Å². The largest absolute Gasteiger partial charge is 0.480 e. The van der Waals surface area contributed by atoms with Gasteiger partial charge in [-0.2, -0.15) is 0 Å². The summed E-state index contributed by atoms with van der Waals surface area (Å²) < 4.78 is 7.36. The maximum Gasteiger partial charge on any atom is 0.257 e. The molecular weight excluding hydrogens is 316 g/mol. The lowest BCUT2D eigenvalue weighted by Gasteiger charge is -2.32. The molecule has 1 amide bonds. The Labute approximate surface area is 148 Å². The van der Waals surface area contributed by atoms with Crippen LogP contribution >= 0.6 is 0 Å². The molecule has 0 aliphatic heterocycles. The second-order valence-corrected chi connectivity index (χ2v) is 7.66. The minimum atomic E-state index is -0.140. The van der Waals surface area contributed by atoms with E-state index in [1.54, 1.807) is 19.6 Å². The molecule has 1 aliphatic rings. The Kier molecular flexibility index (Phi) is 4.79. The average molecular weight is 342 g/mol. The smallest absolute Gasteiger partial charge is 0.257 e. The van der Waals surface area contributed by atoms with Gasteiger partial charge in [-0.15, -0.1) is 0 Å². The van der Waals surface area contributed by atoms with Gasteiger partial charge in [0.15, 0.2) is 0 Å². The van der Waals surface area contributed by atoms with Crippen molar-refractivity contribution in [3.05, 3.63) is 41.6 Å². The number of ether oxygens (including phenoxy) is 1. The maximum atomic E-state index is 13.0. The highest BCUT2D eigenvalue weighted by atomic mass is 16.5. The van der Waals surface area contributed by atoms with Crippen LogP contribution in [0.5, 0.6) is 5.88 Å². The lowest BCUT2D eigenvalue weighted by Crippen LogP contribution is -2.46. The number of hydrogen-bond acceptors (Lipinski definition) is 4. The highest BCUT2D eigenvalue weighted by Gasteiger charge is 2.29. The molecule has 0 aromatic carbocycles. The zero-order valence-electron chi connectivity index (χ0n) is 15.4. The standard InChI is InChI=1S/C19H26N4O2/c1-19(2,3)16(11-23-9-8-20-12-23)22-17(24)14-10-13-6-5-7-15(13)21-18(14)25-4/h8-10,12,16H,5-7,11H2,1-4H3,(H,22,24)/t16-/m1/s1. The first-order valence-corrected chi connectivity index (χ1v) is 8.72. The van der Waals surface area contributed by atoms with E-state index < -0.39 is 0 Å². The molecule has 2 aromatic rings. The van der Waals surface area contributed by atoms with Crippen LogP contribution in [0.15, 0.2) is 24.8 Å². The quantitative estimate of drug-likeness (QED) is 0.907. The molecule has 3 rings (SSSR count). The highest BCUT2D eigenvalue weighted by Crippen LogP contribution is 2.27. The van der Waals surface area contributed by atoms with E-state index in [0.717, 1.165) is 30.5 Å². The van der Waals surface area contributed by atoms with Crippen molar-refractivity contribution in [2.75, 3.05) is 7.11 Å². The van der Waals surface area contributed by atoms with Crippen molar-refractivity contribution in [2.45, 2.75) is 52.6 Å². The number of pyridine rings is 1. The number of amides is 1. The van der Waals surface area contributed by atoms with Crippen molar-refractivity contribution in [1.82, 2.24) is 19.9 Å². The minimum absolute atomic E-state index is 0.0489. The van der Waals surface area contributed by atoms with E-state index in [1.165, 1.54) is 0 Å². The molecular formula is C19H26N4O2. The van der Waals surface area contributed by atoms with E-state index in [4.69, 9.17) is 4.74 Å². The fraction of sp³-hybridized carbons (Fsp3) is 0.526. The van der Waals surface area contributed by atoms with E-state index in [9.17, 15) is 4.79 Å². The van der Waals surface area contributed by atoms with Gasteiger partial charge >= 0.3 is 0 Å². The Morgan fingerprint density at radius 3 is 2.84 bits per heavy atom. The van der Waals surface area contributed by atoms with Crippen LogP contribution < -0.4 is 10.1 Å². The molecule has 2 aromatic heterocycles. The van der Waals surface area contributed by atoms with Gasteiger partial charge in [0.25, 0.3) is 5.91 Å². The number of aromatic nitrogens is 3. The van der Waals surface area contributed by atoms with Crippen LogP contribution in [0.25, 0.3) is 0 Å². The van der Waals surface area contributed by atoms with Crippen molar-refractivity contribution >= 4 is 5.91 Å². The minimum Gasteiger partial charge on any atom is -0.480 e. The molecule has 0 saturated heterocycles. The third-order valence-electron chi connectivity index (χ3n) is 4.76. The van der Waals surface area contributed by atoms with Crippen LogP contribution in [0, 0.1) is 5.41 Å². The summed E-state index contributed by atoms with van der Waals surface area (Å²) in [4.78, 5) is 21.6. The average Bonchev–Trinajstić information content (AvgIpc) is 3.22. The molecule has 0 fully saturated rings. The lowest BCUT2D eigenvalue weighted by atomic mass is 9.86. The molecule has 0 radical (unpaired) electrons. The Morgan fingerprint density at radius 2 is 2.20 bits per heavy atom. The van der Waals surface area contributed by atoms with Crippen LogP contribution in [0.1, 0.15) is 48.8 Å². The molecule has 0 bridgehead atoms. The summed E-state index contributed by atoms with van der Waals surface area (Å²) in [6.45, 7) is 7.02. The normalized spacial score (nSPS) is 14.9. The number of imidazole rings is 1. The van der Waals surface area contributed by atoms with Crippen molar-refractivity contribution < 1.29 is 9.53 Å². The molecule has 6 heteroatoms. The monoisotopic (exact) mass is 342 g/mol. The van der Waals surface area contributed by atoms with Gasteiger partial charge in [0, 0.05) is 24.6 Å². The van der Waals surface area contributed by atoms with Crippen LogP contribution in [-0.4, -0.2) is 33.6 Å². The third-order valence-corrected chi connectivity index (χ3v) is 4.76. The first-order chi connectivity index (χ1) is 11.9. The maximum absolute atomic E-state index is 13.0. The second-order valence-electron chi connectivity index (χ2n) is 7.66. The van der Waals surface area contributed by atoms with Crippen molar-refractivity contribution in [3.8, 4) is 5.88 Å². The Morgan fingerprint density at radius 1 is 1.40 bits per heavy atom. The van der Waals surface area contributed by atoms with E-state index in [0.29, 0.717) is 18.0 Å². The number of nitrogens with one attached hydrogen (secondary N) is 1. The Balaban J connectivity index is 1.84. The Bertz CT molecular complexity index is 748. The van der Waals surface area contributed by atoms with Gasteiger partial charge in [-0.1, -0.05) is 20.8 Å². The van der Waals surface area contributed by atoms with Gasteiger partial charge in [-0.05, 0) is 36.3 Å². The van der Waals surface area contributed by atoms with Crippen molar-refractivity contribution in [1.29, 1.82) is 0 Å². The molecule has 1 N–H and O–H groups in total. The fourth-order valence-electron chi connectivity index (χ4n) is 3.15. The van der Waals surface area contributed by atoms with Gasteiger partial charge in [0.05, 0.1) is 19.5 Å². The Hall–Kier alpha value is -2.37. The summed E-state index contributed by atoms with van der Waals surface area (Å²) in [5.74, 6) is 0.271. The van der Waals surface area contributed by atoms with Crippen LogP contribution in [0.4, 0.5) is 0 Å². The summed E-state index contributed by atoms with van der Waals surface area (Å²) in [6.07, 6.45) is 8.44. The van der Waals surface area contributed by atoms with Crippen molar-refractivity contribution in [3.63, 3.8) is 0 Å². The molecule has 25 heavy (non-hydrogen) atoms. The van der Waals surface area contributed by atoms with E-state index in [-0.39, 0.29) is 17.4 Å².